The van der Waals surface area contributed by atoms with Crippen molar-refractivity contribution in [2.75, 3.05) is 25.0 Å². The summed E-state index contributed by atoms with van der Waals surface area (Å²) in [6.07, 6.45) is 0. The molecule has 0 bridgehead atoms. The number of carbonyl (C=O) groups is 2. The van der Waals surface area contributed by atoms with Crippen LogP contribution >= 0.6 is 0 Å². The normalized spacial score (nSPS) is 11.1. The Morgan fingerprint density at radius 3 is 2.18 bits per heavy atom. The highest BCUT2D eigenvalue weighted by molar-refractivity contribution is 7.92. The lowest BCUT2D eigenvalue weighted by atomic mass is 10.0. The second kappa shape index (κ2) is 11.4. The van der Waals surface area contributed by atoms with Crippen molar-refractivity contribution in [2.24, 2.45) is 0 Å². The van der Waals surface area contributed by atoms with Gasteiger partial charge in [0.05, 0.1) is 24.2 Å². The fourth-order valence-corrected chi connectivity index (χ4v) is 5.16. The number of fused-ring (bicyclic) bond motifs is 1. The zero-order chi connectivity index (χ0) is 27.3. The molecule has 4 aromatic rings. The van der Waals surface area contributed by atoms with Gasteiger partial charge in [-0.1, -0.05) is 24.3 Å². The molecule has 8 nitrogen and oxygen atoms in total. The number of anilines is 1. The number of aryl methyl sites for hydroxylation is 1. The van der Waals surface area contributed by atoms with Gasteiger partial charge in [-0.25, -0.2) is 13.2 Å². The highest BCUT2D eigenvalue weighted by atomic mass is 32.2. The lowest BCUT2D eigenvalue weighted by Gasteiger charge is -2.12. The molecule has 0 radical (unpaired) electrons. The molecule has 0 aliphatic heterocycles. The molecular weight excluding hydrogens is 506 g/mol. The molecule has 0 unspecified atom stereocenters. The van der Waals surface area contributed by atoms with Crippen LogP contribution in [0.2, 0.25) is 0 Å². The van der Waals surface area contributed by atoms with Gasteiger partial charge in [0.15, 0.2) is 12.4 Å². The summed E-state index contributed by atoms with van der Waals surface area (Å²) in [6, 6.07) is 21.4. The van der Waals surface area contributed by atoms with E-state index in [9.17, 15) is 18.0 Å². The Kier molecular flexibility index (Phi) is 7.97. The first-order valence-corrected chi connectivity index (χ1v) is 13.3. The van der Waals surface area contributed by atoms with Gasteiger partial charge in [-0.15, -0.1) is 0 Å². The predicted molar refractivity (Wildman–Crippen MR) is 145 cm³/mol. The average molecular weight is 534 g/mol. The number of rotatable bonds is 10. The van der Waals surface area contributed by atoms with Gasteiger partial charge in [0.1, 0.15) is 11.5 Å². The smallest absolute Gasteiger partial charge is 0.338 e. The van der Waals surface area contributed by atoms with Crippen LogP contribution in [0.5, 0.6) is 11.5 Å². The number of hydrogen-bond donors (Lipinski definition) is 1. The predicted octanol–water partition coefficient (Wildman–Crippen LogP) is 5.40. The number of esters is 1. The van der Waals surface area contributed by atoms with Crippen LogP contribution in [-0.2, 0) is 14.8 Å². The second-order valence-corrected chi connectivity index (χ2v) is 10.1. The van der Waals surface area contributed by atoms with E-state index >= 15 is 0 Å². The Morgan fingerprint density at radius 2 is 1.47 bits per heavy atom. The molecule has 1 N–H and O–H groups in total. The summed E-state index contributed by atoms with van der Waals surface area (Å²) in [4.78, 5) is 25.3. The van der Waals surface area contributed by atoms with Crippen LogP contribution in [0.1, 0.15) is 33.2 Å². The first-order chi connectivity index (χ1) is 18.2. The van der Waals surface area contributed by atoms with E-state index in [2.05, 4.69) is 4.72 Å². The van der Waals surface area contributed by atoms with Crippen LogP contribution in [0, 0.1) is 6.92 Å². The zero-order valence-corrected chi connectivity index (χ0v) is 22.0. The van der Waals surface area contributed by atoms with Crippen LogP contribution in [0.4, 0.5) is 5.69 Å². The minimum Gasteiger partial charge on any atom is -0.497 e. The molecule has 0 heterocycles. The quantitative estimate of drug-likeness (QED) is 0.215. The third-order valence-electron chi connectivity index (χ3n) is 5.83. The third-order valence-corrected chi connectivity index (χ3v) is 7.36. The summed E-state index contributed by atoms with van der Waals surface area (Å²) in [6.45, 7) is 3.49. The fraction of sp³-hybridized carbons (Fsp3) is 0.172. The molecule has 0 fully saturated rings. The summed E-state index contributed by atoms with van der Waals surface area (Å²) in [5.74, 6) is 0.143. The van der Waals surface area contributed by atoms with E-state index in [-0.39, 0.29) is 16.2 Å². The summed E-state index contributed by atoms with van der Waals surface area (Å²) in [7, 11) is -2.42. The number of Topliss-reactive ketones (excluding diaryl/α,β-unsaturated/α-hetero) is 1. The largest absolute Gasteiger partial charge is 0.497 e. The minimum absolute atomic E-state index is 0.0149. The summed E-state index contributed by atoms with van der Waals surface area (Å²) >= 11 is 0. The Hall–Kier alpha value is -4.37. The Balaban J connectivity index is 1.45. The van der Waals surface area contributed by atoms with Gasteiger partial charge >= 0.3 is 5.97 Å². The number of sulfonamides is 1. The highest BCUT2D eigenvalue weighted by Gasteiger charge is 2.21. The van der Waals surface area contributed by atoms with E-state index in [1.54, 1.807) is 62.6 Å². The zero-order valence-electron chi connectivity index (χ0n) is 21.2. The number of hydrogen-bond acceptors (Lipinski definition) is 7. The molecule has 38 heavy (non-hydrogen) atoms. The Labute approximate surface area is 221 Å². The summed E-state index contributed by atoms with van der Waals surface area (Å²) < 4.78 is 44.4. The number of benzene rings is 4. The maximum atomic E-state index is 13.0. The number of ketones is 1. The van der Waals surface area contributed by atoms with Crippen LogP contribution in [-0.4, -0.2) is 40.5 Å². The van der Waals surface area contributed by atoms with Crippen LogP contribution in [0.25, 0.3) is 10.8 Å². The van der Waals surface area contributed by atoms with Crippen molar-refractivity contribution in [1.82, 2.24) is 0 Å². The molecule has 0 saturated carbocycles. The summed E-state index contributed by atoms with van der Waals surface area (Å²) in [5, 5.41) is 1.75. The number of ether oxygens (including phenoxy) is 3. The monoisotopic (exact) mass is 533 g/mol. The Bertz CT molecular complexity index is 1600. The van der Waals surface area contributed by atoms with Crippen LogP contribution in [0.15, 0.2) is 83.8 Å². The molecule has 0 aliphatic carbocycles. The van der Waals surface area contributed by atoms with Gasteiger partial charge in [0, 0.05) is 11.3 Å². The van der Waals surface area contributed by atoms with E-state index in [1.807, 2.05) is 19.1 Å². The number of methoxy groups -OCH3 is 1. The van der Waals surface area contributed by atoms with Gasteiger partial charge in [0.2, 0.25) is 0 Å². The van der Waals surface area contributed by atoms with Crippen LogP contribution in [0.3, 0.4) is 0 Å². The van der Waals surface area contributed by atoms with Gasteiger partial charge in [0.25, 0.3) is 10.0 Å². The molecule has 0 amide bonds. The lowest BCUT2D eigenvalue weighted by Crippen LogP contribution is -2.17. The topological polar surface area (TPSA) is 108 Å². The van der Waals surface area contributed by atoms with Crippen LogP contribution < -0.4 is 14.2 Å². The molecule has 4 rings (SSSR count). The van der Waals surface area contributed by atoms with E-state index in [4.69, 9.17) is 14.2 Å². The van der Waals surface area contributed by atoms with E-state index in [0.717, 1.165) is 10.8 Å². The molecule has 0 aromatic heterocycles. The summed E-state index contributed by atoms with van der Waals surface area (Å²) in [5.41, 5.74) is 1.20. The van der Waals surface area contributed by atoms with Gasteiger partial charge in [-0.3, -0.25) is 9.52 Å². The first kappa shape index (κ1) is 26.7. The maximum absolute atomic E-state index is 13.0. The molecule has 4 aromatic carbocycles. The standard InChI is InChI=1S/C29H27NO7S/c1-4-36-25-13-10-24(11-14-25)30-38(33,34)28-17-23(6-5-19(28)2)29(32)37-18-27(31)22-8-7-21-16-26(35-3)12-9-20(21)15-22/h5-17,30H,4,18H2,1-3H3. The first-order valence-electron chi connectivity index (χ1n) is 11.8. The van der Waals surface area contributed by atoms with Crippen molar-refractivity contribution in [1.29, 1.82) is 0 Å². The minimum atomic E-state index is -4.00. The van der Waals surface area contributed by atoms with Crippen molar-refractivity contribution in [3.8, 4) is 11.5 Å². The van der Waals surface area contributed by atoms with E-state index in [1.165, 1.54) is 18.2 Å². The molecule has 196 valence electrons. The Morgan fingerprint density at radius 1 is 0.816 bits per heavy atom. The van der Waals surface area contributed by atoms with Crippen molar-refractivity contribution < 1.29 is 32.2 Å². The van der Waals surface area contributed by atoms with Crippen molar-refractivity contribution in [2.45, 2.75) is 18.7 Å². The molecule has 0 aliphatic rings. The van der Waals surface area contributed by atoms with Gasteiger partial charge in [-0.2, -0.15) is 0 Å². The molecule has 0 saturated heterocycles. The fourth-order valence-electron chi connectivity index (χ4n) is 3.83. The number of carbonyl (C=O) groups excluding carboxylic acids is 2. The molecular formula is C29H27NO7S. The van der Waals surface area contributed by atoms with Gasteiger partial charge in [-0.05, 0) is 84.8 Å². The van der Waals surface area contributed by atoms with Crippen molar-refractivity contribution >= 4 is 38.2 Å². The molecule has 0 atom stereocenters. The van der Waals surface area contributed by atoms with Crippen molar-refractivity contribution in [3.63, 3.8) is 0 Å². The van der Waals surface area contributed by atoms with Crippen molar-refractivity contribution in [3.05, 3.63) is 95.6 Å². The molecule has 0 spiro atoms. The van der Waals surface area contributed by atoms with E-state index in [0.29, 0.717) is 34.9 Å². The molecule has 9 heteroatoms. The second-order valence-electron chi connectivity index (χ2n) is 8.47. The maximum Gasteiger partial charge on any atom is 0.338 e. The van der Waals surface area contributed by atoms with E-state index < -0.39 is 22.6 Å². The number of nitrogens with one attached hydrogen (secondary N) is 1. The SMILES string of the molecule is CCOc1ccc(NS(=O)(=O)c2cc(C(=O)OCC(=O)c3ccc4cc(OC)ccc4c3)ccc2C)cc1. The highest BCUT2D eigenvalue weighted by Crippen LogP contribution is 2.24. The third kappa shape index (κ3) is 6.12. The average Bonchev–Trinajstić information content (AvgIpc) is 2.92. The lowest BCUT2D eigenvalue weighted by molar-refractivity contribution is 0.0474. The van der Waals surface area contributed by atoms with Gasteiger partial charge < -0.3 is 14.2 Å².